The van der Waals surface area contributed by atoms with Gasteiger partial charge >= 0.3 is 0 Å². The number of rotatable bonds is 11. The minimum absolute atomic E-state index is 0.162. The summed E-state index contributed by atoms with van der Waals surface area (Å²) in [5.74, 6) is -0.693. The maximum absolute atomic E-state index is 14.0. The molecule has 0 spiro atoms. The number of nitrogens with one attached hydrogen (secondary N) is 2. The Morgan fingerprint density at radius 3 is 2.47 bits per heavy atom. The fourth-order valence-corrected chi connectivity index (χ4v) is 5.22. The topological polar surface area (TPSA) is 108 Å². The van der Waals surface area contributed by atoms with Gasteiger partial charge in [0.05, 0.1) is 6.04 Å². The SMILES string of the molecule is CN[C@@H](C)C(=O)N[C@H](C(=O)N1CCC[C@H]1CN(CCc1ccc(F)cc1)C(=O)c1coc(-c2ccccc2)n1)C(C)(C)C. The van der Waals surface area contributed by atoms with Gasteiger partial charge in [-0.2, -0.15) is 0 Å². The molecule has 3 amide bonds. The number of amides is 3. The molecule has 1 aliphatic heterocycles. The maximum atomic E-state index is 14.0. The molecule has 1 aromatic heterocycles. The fraction of sp³-hybridized carbons (Fsp3) is 0.455. The Labute approximate surface area is 252 Å². The van der Waals surface area contributed by atoms with E-state index in [1.54, 1.807) is 35.9 Å². The van der Waals surface area contributed by atoms with Crippen LogP contribution in [-0.4, -0.2) is 77.3 Å². The molecule has 10 heteroatoms. The van der Waals surface area contributed by atoms with Crippen molar-refractivity contribution in [3.8, 4) is 11.5 Å². The Morgan fingerprint density at radius 2 is 1.81 bits per heavy atom. The number of likely N-dealkylation sites (tertiary alicyclic amines) is 1. The van der Waals surface area contributed by atoms with Gasteiger partial charge in [-0.1, -0.05) is 51.1 Å². The summed E-state index contributed by atoms with van der Waals surface area (Å²) in [6, 6.07) is 14.1. The van der Waals surface area contributed by atoms with Crippen molar-refractivity contribution in [2.75, 3.05) is 26.7 Å². The molecular formula is C33H42FN5O4. The molecule has 1 fully saturated rings. The van der Waals surface area contributed by atoms with Crippen LogP contribution in [0.15, 0.2) is 65.3 Å². The normalized spacial score (nSPS) is 16.5. The average Bonchev–Trinajstić information content (AvgIpc) is 3.68. The number of aromatic nitrogens is 1. The lowest BCUT2D eigenvalue weighted by Gasteiger charge is -2.37. The van der Waals surface area contributed by atoms with E-state index in [1.165, 1.54) is 18.4 Å². The summed E-state index contributed by atoms with van der Waals surface area (Å²) in [4.78, 5) is 48.6. The zero-order chi connectivity index (χ0) is 31.1. The van der Waals surface area contributed by atoms with Crippen molar-refractivity contribution in [2.45, 2.75) is 65.1 Å². The second-order valence-electron chi connectivity index (χ2n) is 12.2. The van der Waals surface area contributed by atoms with Gasteiger partial charge in [-0.05, 0) is 68.5 Å². The quantitative estimate of drug-likeness (QED) is 0.345. The van der Waals surface area contributed by atoms with Gasteiger partial charge in [-0.3, -0.25) is 14.4 Å². The van der Waals surface area contributed by atoms with Gasteiger partial charge in [0, 0.05) is 31.2 Å². The van der Waals surface area contributed by atoms with Crippen LogP contribution in [0.5, 0.6) is 0 Å². The van der Waals surface area contributed by atoms with Crippen LogP contribution in [0.25, 0.3) is 11.5 Å². The third-order valence-corrected chi connectivity index (χ3v) is 7.93. The summed E-state index contributed by atoms with van der Waals surface area (Å²) >= 11 is 0. The number of hydrogen-bond donors (Lipinski definition) is 2. The number of nitrogens with zero attached hydrogens (tertiary/aromatic N) is 3. The summed E-state index contributed by atoms with van der Waals surface area (Å²) in [6.45, 7) is 8.70. The molecule has 3 atom stereocenters. The van der Waals surface area contributed by atoms with E-state index < -0.39 is 17.5 Å². The Morgan fingerprint density at radius 1 is 1.12 bits per heavy atom. The molecule has 230 valence electrons. The lowest BCUT2D eigenvalue weighted by molar-refractivity contribution is -0.140. The number of carbonyl (C=O) groups is 3. The first-order valence-electron chi connectivity index (χ1n) is 14.8. The second-order valence-corrected chi connectivity index (χ2v) is 12.2. The highest BCUT2D eigenvalue weighted by atomic mass is 19.1. The minimum Gasteiger partial charge on any atom is -0.444 e. The van der Waals surface area contributed by atoms with Crippen LogP contribution in [0.2, 0.25) is 0 Å². The van der Waals surface area contributed by atoms with Crippen molar-refractivity contribution in [2.24, 2.45) is 5.41 Å². The number of hydrogen-bond acceptors (Lipinski definition) is 6. The van der Waals surface area contributed by atoms with Crippen LogP contribution >= 0.6 is 0 Å². The molecule has 9 nitrogen and oxygen atoms in total. The van der Waals surface area contributed by atoms with E-state index in [9.17, 15) is 18.8 Å². The lowest BCUT2D eigenvalue weighted by atomic mass is 9.85. The molecule has 0 aliphatic carbocycles. The molecule has 1 aliphatic rings. The van der Waals surface area contributed by atoms with Gasteiger partial charge in [0.15, 0.2) is 5.69 Å². The van der Waals surface area contributed by atoms with Crippen molar-refractivity contribution in [3.63, 3.8) is 0 Å². The van der Waals surface area contributed by atoms with Gasteiger partial charge in [-0.25, -0.2) is 9.37 Å². The van der Waals surface area contributed by atoms with Crippen molar-refractivity contribution in [1.82, 2.24) is 25.4 Å². The molecule has 0 saturated carbocycles. The second kappa shape index (κ2) is 13.9. The van der Waals surface area contributed by atoms with Gasteiger partial charge in [0.25, 0.3) is 5.91 Å². The van der Waals surface area contributed by atoms with Crippen LogP contribution in [-0.2, 0) is 16.0 Å². The summed E-state index contributed by atoms with van der Waals surface area (Å²) in [5, 5.41) is 5.87. The lowest BCUT2D eigenvalue weighted by Crippen LogP contribution is -2.59. The van der Waals surface area contributed by atoms with Crippen LogP contribution in [0, 0.1) is 11.2 Å². The molecule has 0 bridgehead atoms. The van der Waals surface area contributed by atoms with E-state index in [2.05, 4.69) is 15.6 Å². The Balaban J connectivity index is 1.56. The van der Waals surface area contributed by atoms with Crippen molar-refractivity contribution in [3.05, 3.63) is 77.9 Å². The first-order chi connectivity index (χ1) is 20.5. The van der Waals surface area contributed by atoms with Gasteiger partial charge < -0.3 is 24.9 Å². The molecule has 4 rings (SSSR count). The average molecular weight is 592 g/mol. The molecule has 2 aromatic carbocycles. The molecule has 0 unspecified atom stereocenters. The number of benzene rings is 2. The van der Waals surface area contributed by atoms with Gasteiger partial charge in [0.1, 0.15) is 18.1 Å². The fourth-order valence-electron chi connectivity index (χ4n) is 5.22. The van der Waals surface area contributed by atoms with E-state index >= 15 is 0 Å². The molecular weight excluding hydrogens is 549 g/mol. The molecule has 2 heterocycles. The van der Waals surface area contributed by atoms with E-state index in [1.807, 2.05) is 51.1 Å². The van der Waals surface area contributed by atoms with Gasteiger partial charge in [0.2, 0.25) is 17.7 Å². The standard InChI is InChI=1S/C33H42FN5O4/c1-22(35-5)29(40)37-28(33(2,3)4)32(42)39-18-9-12-26(39)20-38(19-17-23-13-15-25(34)16-14-23)31(41)27-21-43-30(36-27)24-10-7-6-8-11-24/h6-8,10-11,13-16,21-22,26,28,35H,9,12,17-20H2,1-5H3,(H,37,40)/t22-,26-,28+/m0/s1. The minimum atomic E-state index is -0.733. The van der Waals surface area contributed by atoms with E-state index in [0.717, 1.165) is 24.0 Å². The van der Waals surface area contributed by atoms with Crippen LogP contribution in [0.1, 0.15) is 56.6 Å². The first kappa shape index (κ1) is 31.9. The third-order valence-electron chi connectivity index (χ3n) is 7.93. The summed E-state index contributed by atoms with van der Waals surface area (Å²) in [6.07, 6.45) is 3.37. The predicted molar refractivity (Wildman–Crippen MR) is 163 cm³/mol. The zero-order valence-electron chi connectivity index (χ0n) is 25.6. The molecule has 43 heavy (non-hydrogen) atoms. The predicted octanol–water partition coefficient (Wildman–Crippen LogP) is 4.30. The van der Waals surface area contributed by atoms with Crippen molar-refractivity contribution < 1.29 is 23.2 Å². The highest BCUT2D eigenvalue weighted by molar-refractivity contribution is 5.93. The molecule has 0 radical (unpaired) electrons. The van der Waals surface area contributed by atoms with E-state index in [-0.39, 0.29) is 41.8 Å². The molecule has 3 aromatic rings. The smallest absolute Gasteiger partial charge is 0.275 e. The number of likely N-dealkylation sites (N-methyl/N-ethyl adjacent to an activating group) is 1. The van der Waals surface area contributed by atoms with E-state index in [0.29, 0.717) is 25.4 Å². The first-order valence-corrected chi connectivity index (χ1v) is 14.8. The van der Waals surface area contributed by atoms with Crippen LogP contribution < -0.4 is 10.6 Å². The zero-order valence-corrected chi connectivity index (χ0v) is 25.6. The Bertz CT molecular complexity index is 1390. The summed E-state index contributed by atoms with van der Waals surface area (Å²) in [7, 11) is 1.70. The Kier molecular flexibility index (Phi) is 10.3. The van der Waals surface area contributed by atoms with E-state index in [4.69, 9.17) is 4.42 Å². The highest BCUT2D eigenvalue weighted by Crippen LogP contribution is 2.27. The summed E-state index contributed by atoms with van der Waals surface area (Å²) < 4.78 is 19.2. The number of carbonyl (C=O) groups excluding carboxylic acids is 3. The highest BCUT2D eigenvalue weighted by Gasteiger charge is 2.41. The summed E-state index contributed by atoms with van der Waals surface area (Å²) in [5.41, 5.74) is 1.29. The number of halogens is 1. The van der Waals surface area contributed by atoms with Crippen molar-refractivity contribution in [1.29, 1.82) is 0 Å². The van der Waals surface area contributed by atoms with Crippen LogP contribution in [0.4, 0.5) is 4.39 Å². The van der Waals surface area contributed by atoms with Gasteiger partial charge in [-0.15, -0.1) is 0 Å². The number of oxazole rings is 1. The molecule has 2 N–H and O–H groups in total. The maximum Gasteiger partial charge on any atom is 0.275 e. The largest absolute Gasteiger partial charge is 0.444 e. The monoisotopic (exact) mass is 591 g/mol. The molecule has 1 saturated heterocycles. The van der Waals surface area contributed by atoms with Crippen LogP contribution in [0.3, 0.4) is 0 Å². The third kappa shape index (κ3) is 8.07. The Hall–Kier alpha value is -4.05. The van der Waals surface area contributed by atoms with Crippen molar-refractivity contribution >= 4 is 17.7 Å².